The van der Waals surface area contributed by atoms with Crippen LogP contribution in [0.5, 0.6) is 0 Å². The molecule has 0 spiro atoms. The average molecular weight is 228 g/mol. The molecule has 1 atom stereocenters. The highest BCUT2D eigenvalue weighted by atomic mass is 16.2. The van der Waals surface area contributed by atoms with E-state index in [1.807, 2.05) is 5.43 Å². The average Bonchev–Trinajstić information content (AvgIpc) is 2.36. The number of hydrogen-bond donors (Lipinski definition) is 2. The minimum Gasteiger partial charge on any atom is -0.332 e. The summed E-state index contributed by atoms with van der Waals surface area (Å²) in [6.45, 7) is 7.14. The van der Waals surface area contributed by atoms with Crippen LogP contribution in [0.1, 0.15) is 20.3 Å². The van der Waals surface area contributed by atoms with Crippen molar-refractivity contribution in [2.75, 3.05) is 26.2 Å². The summed E-state index contributed by atoms with van der Waals surface area (Å²) in [6.07, 6.45) is 1.09. The van der Waals surface area contributed by atoms with Crippen molar-refractivity contribution < 1.29 is 9.59 Å². The number of rotatable bonds is 2. The first-order chi connectivity index (χ1) is 7.60. The lowest BCUT2D eigenvalue weighted by molar-refractivity contribution is -0.147. The number of amides is 2. The van der Waals surface area contributed by atoms with E-state index < -0.39 is 11.8 Å². The normalized spacial score (nSPS) is 19.3. The molecular formula is C10H20N4O2. The van der Waals surface area contributed by atoms with Gasteiger partial charge >= 0.3 is 11.8 Å². The van der Waals surface area contributed by atoms with Crippen LogP contribution in [-0.4, -0.2) is 53.8 Å². The Hall–Kier alpha value is -1.14. The zero-order valence-electron chi connectivity index (χ0n) is 9.90. The summed E-state index contributed by atoms with van der Waals surface area (Å²) in [5.74, 6) is 3.64. The standard InChI is InChI=1S/C10H20N4O2/c1-3-8(2)13-4-6-14(7-5-13)10(16)9(15)12-11/h8H,3-7,11H2,1-2H3,(H,12,15). The third-order valence-corrected chi connectivity index (χ3v) is 3.14. The molecule has 1 fully saturated rings. The van der Waals surface area contributed by atoms with Gasteiger partial charge < -0.3 is 4.90 Å². The zero-order valence-corrected chi connectivity index (χ0v) is 9.90. The molecule has 2 amide bonds. The van der Waals surface area contributed by atoms with Gasteiger partial charge in [0.2, 0.25) is 0 Å². The molecule has 1 heterocycles. The second kappa shape index (κ2) is 5.81. The van der Waals surface area contributed by atoms with E-state index in [-0.39, 0.29) is 0 Å². The molecule has 1 aliphatic heterocycles. The number of nitrogens with one attached hydrogen (secondary N) is 1. The summed E-state index contributed by atoms with van der Waals surface area (Å²) in [5.41, 5.74) is 1.86. The van der Waals surface area contributed by atoms with Crippen molar-refractivity contribution in [3.05, 3.63) is 0 Å². The molecule has 1 rings (SSSR count). The molecule has 1 unspecified atom stereocenters. The van der Waals surface area contributed by atoms with Gasteiger partial charge in [-0.05, 0) is 13.3 Å². The predicted molar refractivity (Wildman–Crippen MR) is 60.2 cm³/mol. The minimum absolute atomic E-state index is 0.528. The Balaban J connectivity index is 2.43. The first kappa shape index (κ1) is 12.9. The van der Waals surface area contributed by atoms with Crippen molar-refractivity contribution in [2.24, 2.45) is 5.84 Å². The second-order valence-electron chi connectivity index (χ2n) is 4.06. The monoisotopic (exact) mass is 228 g/mol. The Bertz CT molecular complexity index is 262. The Morgan fingerprint density at radius 1 is 1.31 bits per heavy atom. The Kier molecular flexibility index (Phi) is 4.70. The van der Waals surface area contributed by atoms with Gasteiger partial charge in [0, 0.05) is 32.2 Å². The number of nitrogens with two attached hydrogens (primary N) is 1. The quantitative estimate of drug-likeness (QED) is 0.273. The van der Waals surface area contributed by atoms with Crippen molar-refractivity contribution in [2.45, 2.75) is 26.3 Å². The van der Waals surface area contributed by atoms with Crippen molar-refractivity contribution in [1.29, 1.82) is 0 Å². The molecule has 0 aromatic rings. The maximum atomic E-state index is 11.5. The molecule has 1 saturated heterocycles. The molecule has 3 N–H and O–H groups in total. The van der Waals surface area contributed by atoms with Gasteiger partial charge in [-0.2, -0.15) is 0 Å². The van der Waals surface area contributed by atoms with Crippen LogP contribution in [0, 0.1) is 0 Å². The Labute approximate surface area is 95.7 Å². The first-order valence-corrected chi connectivity index (χ1v) is 5.64. The van der Waals surface area contributed by atoms with E-state index in [2.05, 4.69) is 18.7 Å². The van der Waals surface area contributed by atoms with E-state index in [4.69, 9.17) is 5.84 Å². The van der Waals surface area contributed by atoms with E-state index in [9.17, 15) is 9.59 Å². The third kappa shape index (κ3) is 2.93. The first-order valence-electron chi connectivity index (χ1n) is 5.64. The third-order valence-electron chi connectivity index (χ3n) is 3.14. The van der Waals surface area contributed by atoms with Gasteiger partial charge in [0.05, 0.1) is 0 Å². The topological polar surface area (TPSA) is 78.7 Å². The van der Waals surface area contributed by atoms with Crippen molar-refractivity contribution in [3.8, 4) is 0 Å². The highest BCUT2D eigenvalue weighted by Crippen LogP contribution is 2.08. The molecule has 0 saturated carbocycles. The lowest BCUT2D eigenvalue weighted by Gasteiger charge is -2.37. The van der Waals surface area contributed by atoms with Gasteiger partial charge in [-0.15, -0.1) is 0 Å². The highest BCUT2D eigenvalue weighted by Gasteiger charge is 2.26. The molecule has 6 nitrogen and oxygen atoms in total. The van der Waals surface area contributed by atoms with Gasteiger partial charge in [-0.3, -0.25) is 19.9 Å². The summed E-state index contributed by atoms with van der Waals surface area (Å²) in [5, 5.41) is 0. The number of nitrogens with zero attached hydrogens (tertiary/aromatic N) is 2. The maximum Gasteiger partial charge on any atom is 0.323 e. The molecule has 16 heavy (non-hydrogen) atoms. The summed E-state index contributed by atoms with van der Waals surface area (Å²) in [4.78, 5) is 26.4. The van der Waals surface area contributed by atoms with Gasteiger partial charge in [-0.25, -0.2) is 5.84 Å². The summed E-state index contributed by atoms with van der Waals surface area (Å²) >= 11 is 0. The molecule has 0 aliphatic carbocycles. The molecular weight excluding hydrogens is 208 g/mol. The van der Waals surface area contributed by atoms with E-state index in [1.54, 1.807) is 4.90 Å². The van der Waals surface area contributed by atoms with E-state index in [0.29, 0.717) is 19.1 Å². The van der Waals surface area contributed by atoms with Crippen molar-refractivity contribution in [3.63, 3.8) is 0 Å². The lowest BCUT2D eigenvalue weighted by atomic mass is 10.2. The summed E-state index contributed by atoms with van der Waals surface area (Å²) in [7, 11) is 0. The van der Waals surface area contributed by atoms with E-state index >= 15 is 0 Å². The van der Waals surface area contributed by atoms with Crippen LogP contribution in [0.4, 0.5) is 0 Å². The molecule has 0 aromatic heterocycles. The fraction of sp³-hybridized carbons (Fsp3) is 0.800. The van der Waals surface area contributed by atoms with E-state index in [0.717, 1.165) is 19.5 Å². The van der Waals surface area contributed by atoms with Gasteiger partial charge in [-0.1, -0.05) is 6.92 Å². The fourth-order valence-corrected chi connectivity index (χ4v) is 1.83. The van der Waals surface area contributed by atoms with Crippen LogP contribution < -0.4 is 11.3 Å². The van der Waals surface area contributed by atoms with Gasteiger partial charge in [0.25, 0.3) is 0 Å². The molecule has 0 aromatic carbocycles. The van der Waals surface area contributed by atoms with Gasteiger partial charge in [0.1, 0.15) is 0 Å². The number of piperazine rings is 1. The lowest BCUT2D eigenvalue weighted by Crippen LogP contribution is -2.54. The minimum atomic E-state index is -0.739. The number of carbonyl (C=O) groups excluding carboxylic acids is 2. The molecule has 0 radical (unpaired) electrons. The largest absolute Gasteiger partial charge is 0.332 e. The van der Waals surface area contributed by atoms with Crippen LogP contribution in [0.2, 0.25) is 0 Å². The van der Waals surface area contributed by atoms with Crippen LogP contribution in [0.25, 0.3) is 0 Å². The summed E-state index contributed by atoms with van der Waals surface area (Å²) in [6, 6.07) is 0.528. The second-order valence-corrected chi connectivity index (χ2v) is 4.06. The molecule has 1 aliphatic rings. The molecule has 6 heteroatoms. The zero-order chi connectivity index (χ0) is 12.1. The highest BCUT2D eigenvalue weighted by molar-refractivity contribution is 6.34. The Morgan fingerprint density at radius 2 is 1.88 bits per heavy atom. The molecule has 92 valence electrons. The van der Waals surface area contributed by atoms with E-state index in [1.165, 1.54) is 0 Å². The number of carbonyl (C=O) groups is 2. The van der Waals surface area contributed by atoms with Crippen LogP contribution in [0.3, 0.4) is 0 Å². The van der Waals surface area contributed by atoms with Crippen LogP contribution >= 0.6 is 0 Å². The smallest absolute Gasteiger partial charge is 0.323 e. The van der Waals surface area contributed by atoms with Crippen LogP contribution in [-0.2, 0) is 9.59 Å². The van der Waals surface area contributed by atoms with Crippen molar-refractivity contribution in [1.82, 2.24) is 15.2 Å². The van der Waals surface area contributed by atoms with Gasteiger partial charge in [0.15, 0.2) is 0 Å². The predicted octanol–water partition coefficient (Wildman–Crippen LogP) is -1.08. The van der Waals surface area contributed by atoms with Crippen molar-refractivity contribution >= 4 is 11.8 Å². The fourth-order valence-electron chi connectivity index (χ4n) is 1.83. The maximum absolute atomic E-state index is 11.5. The number of hydrogen-bond acceptors (Lipinski definition) is 4. The number of hydrazine groups is 1. The summed E-state index contributed by atoms with van der Waals surface area (Å²) < 4.78 is 0. The van der Waals surface area contributed by atoms with Crippen LogP contribution in [0.15, 0.2) is 0 Å². The Morgan fingerprint density at radius 3 is 2.31 bits per heavy atom. The SMILES string of the molecule is CCC(C)N1CCN(C(=O)C(=O)NN)CC1. The molecule has 0 bridgehead atoms.